The lowest BCUT2D eigenvalue weighted by Crippen LogP contribution is -2.34. The average molecular weight is 375 g/mol. The van der Waals surface area contributed by atoms with Crippen LogP contribution in [0.15, 0.2) is 57.7 Å². The molecule has 120 valence electrons. The number of nitrogens with zero attached hydrogens (tertiary/aromatic N) is 1. The van der Waals surface area contributed by atoms with Crippen molar-refractivity contribution in [1.82, 2.24) is 9.88 Å². The van der Waals surface area contributed by atoms with E-state index in [0.29, 0.717) is 19.4 Å². The van der Waals surface area contributed by atoms with E-state index in [1.807, 2.05) is 37.4 Å². The summed E-state index contributed by atoms with van der Waals surface area (Å²) in [5.74, 6) is 0.944. The van der Waals surface area contributed by atoms with Crippen LogP contribution in [0, 0.1) is 0 Å². The van der Waals surface area contributed by atoms with Crippen LogP contribution in [-0.4, -0.2) is 16.5 Å². The second-order valence-electron chi connectivity index (χ2n) is 5.68. The molecule has 5 heteroatoms. The van der Waals surface area contributed by atoms with Gasteiger partial charge < -0.3 is 14.3 Å². The molecule has 3 aromatic rings. The smallest absolute Gasteiger partial charge is 0.222 e. The van der Waals surface area contributed by atoms with Crippen LogP contribution in [0.4, 0.5) is 0 Å². The van der Waals surface area contributed by atoms with Crippen LogP contribution in [0.25, 0.3) is 10.9 Å². The molecule has 0 radical (unpaired) electrons. The topological polar surface area (TPSA) is 47.2 Å². The van der Waals surface area contributed by atoms with Gasteiger partial charge in [0.25, 0.3) is 0 Å². The van der Waals surface area contributed by atoms with Gasteiger partial charge in [0.05, 0.1) is 6.26 Å². The first-order valence-corrected chi connectivity index (χ1v) is 8.48. The summed E-state index contributed by atoms with van der Waals surface area (Å²) in [6, 6.07) is 12.0. The fraction of sp³-hybridized carbons (Fsp3) is 0.278. The first-order chi connectivity index (χ1) is 11.1. The summed E-state index contributed by atoms with van der Waals surface area (Å²) < 4.78 is 8.49. The van der Waals surface area contributed by atoms with E-state index >= 15 is 0 Å². The zero-order valence-corrected chi connectivity index (χ0v) is 14.5. The van der Waals surface area contributed by atoms with Crippen molar-refractivity contribution < 1.29 is 9.21 Å². The molecular weight excluding hydrogens is 356 g/mol. The molecule has 0 aliphatic heterocycles. The van der Waals surface area contributed by atoms with Crippen molar-refractivity contribution in [2.24, 2.45) is 0 Å². The van der Waals surface area contributed by atoms with Gasteiger partial charge in [0, 0.05) is 47.0 Å². The maximum absolute atomic E-state index is 12.1. The molecular formula is C18H19BrN2O2. The number of carbonyl (C=O) groups excluding carboxylic acids is 1. The molecule has 1 amide bonds. The number of amides is 1. The van der Waals surface area contributed by atoms with Gasteiger partial charge in [-0.3, -0.25) is 4.79 Å². The van der Waals surface area contributed by atoms with Crippen LogP contribution in [0.1, 0.15) is 19.1 Å². The molecule has 2 heterocycles. The molecule has 2 aromatic heterocycles. The summed E-state index contributed by atoms with van der Waals surface area (Å²) in [5.41, 5.74) is 1.14. The number of rotatable bonds is 6. The van der Waals surface area contributed by atoms with E-state index < -0.39 is 0 Å². The van der Waals surface area contributed by atoms with Crippen LogP contribution in [-0.2, 0) is 17.8 Å². The van der Waals surface area contributed by atoms with Gasteiger partial charge in [0.2, 0.25) is 5.91 Å². The van der Waals surface area contributed by atoms with Crippen molar-refractivity contribution in [2.75, 3.05) is 0 Å². The Kier molecular flexibility index (Phi) is 4.86. The number of hydrogen-bond donors (Lipinski definition) is 1. The number of carbonyl (C=O) groups is 1. The van der Waals surface area contributed by atoms with Gasteiger partial charge in [-0.15, -0.1) is 0 Å². The number of hydrogen-bond acceptors (Lipinski definition) is 2. The van der Waals surface area contributed by atoms with Crippen LogP contribution in [0.3, 0.4) is 0 Å². The van der Waals surface area contributed by atoms with Crippen molar-refractivity contribution in [3.05, 3.63) is 59.1 Å². The van der Waals surface area contributed by atoms with E-state index in [0.717, 1.165) is 15.7 Å². The van der Waals surface area contributed by atoms with E-state index in [9.17, 15) is 4.79 Å². The Hall–Kier alpha value is -2.01. The number of benzene rings is 1. The van der Waals surface area contributed by atoms with E-state index in [4.69, 9.17) is 4.42 Å². The molecule has 1 unspecified atom stereocenters. The predicted octanol–water partition coefficient (Wildman–Crippen LogP) is 4.13. The molecule has 1 aromatic carbocycles. The Balaban J connectivity index is 1.55. The second kappa shape index (κ2) is 7.04. The number of aromatic nitrogens is 1. The second-order valence-corrected chi connectivity index (χ2v) is 6.54. The predicted molar refractivity (Wildman–Crippen MR) is 94.3 cm³/mol. The van der Waals surface area contributed by atoms with Crippen molar-refractivity contribution in [3.63, 3.8) is 0 Å². The zero-order valence-electron chi connectivity index (χ0n) is 13.0. The number of fused-ring (bicyclic) bond motifs is 1. The summed E-state index contributed by atoms with van der Waals surface area (Å²) in [6.45, 7) is 2.65. The molecule has 4 nitrogen and oxygen atoms in total. The van der Waals surface area contributed by atoms with Crippen LogP contribution < -0.4 is 5.32 Å². The van der Waals surface area contributed by atoms with Crippen molar-refractivity contribution >= 4 is 32.7 Å². The molecule has 3 rings (SSSR count). The van der Waals surface area contributed by atoms with Gasteiger partial charge in [0.1, 0.15) is 5.76 Å². The van der Waals surface area contributed by atoms with Crippen LogP contribution >= 0.6 is 15.9 Å². The van der Waals surface area contributed by atoms with Crippen LogP contribution in [0.2, 0.25) is 0 Å². The number of halogens is 1. The molecule has 0 fully saturated rings. The average Bonchev–Trinajstić information content (AvgIpc) is 3.15. The first kappa shape index (κ1) is 15.9. The number of nitrogens with one attached hydrogen (secondary N) is 1. The standard InChI is InChI=1S/C18H19BrN2O2/c1-13(12-14-4-3-11-23-14)20-18(22)8-10-21-9-7-15-16(19)5-2-6-17(15)21/h2-7,9,11,13H,8,10,12H2,1H3,(H,20,22). The molecule has 1 atom stereocenters. The quantitative estimate of drug-likeness (QED) is 0.704. The Morgan fingerprint density at radius 3 is 2.96 bits per heavy atom. The van der Waals surface area contributed by atoms with Gasteiger partial charge in [0.15, 0.2) is 0 Å². The highest BCUT2D eigenvalue weighted by atomic mass is 79.9. The largest absolute Gasteiger partial charge is 0.469 e. The Morgan fingerprint density at radius 1 is 1.30 bits per heavy atom. The van der Waals surface area contributed by atoms with Crippen molar-refractivity contribution in [2.45, 2.75) is 32.4 Å². The fourth-order valence-corrected chi connectivity index (χ4v) is 3.22. The van der Waals surface area contributed by atoms with Crippen molar-refractivity contribution in [1.29, 1.82) is 0 Å². The Bertz CT molecular complexity index is 793. The lowest BCUT2D eigenvalue weighted by molar-refractivity contribution is -0.121. The molecule has 0 aliphatic carbocycles. The minimum absolute atomic E-state index is 0.0564. The van der Waals surface area contributed by atoms with E-state index in [1.54, 1.807) is 6.26 Å². The number of furan rings is 1. The van der Waals surface area contributed by atoms with Gasteiger partial charge in [-0.05, 0) is 37.3 Å². The maximum atomic E-state index is 12.1. The van der Waals surface area contributed by atoms with E-state index in [-0.39, 0.29) is 11.9 Å². The normalized spacial score (nSPS) is 12.4. The highest BCUT2D eigenvalue weighted by molar-refractivity contribution is 9.10. The van der Waals surface area contributed by atoms with E-state index in [1.165, 1.54) is 5.39 Å². The van der Waals surface area contributed by atoms with Gasteiger partial charge in [-0.25, -0.2) is 0 Å². The minimum atomic E-state index is 0.0564. The highest BCUT2D eigenvalue weighted by Crippen LogP contribution is 2.24. The molecule has 0 aliphatic rings. The molecule has 23 heavy (non-hydrogen) atoms. The monoisotopic (exact) mass is 374 g/mol. The number of aryl methyl sites for hydroxylation is 1. The molecule has 0 saturated heterocycles. The first-order valence-electron chi connectivity index (χ1n) is 7.68. The van der Waals surface area contributed by atoms with E-state index in [2.05, 4.69) is 37.9 Å². The lowest BCUT2D eigenvalue weighted by atomic mass is 10.2. The molecule has 0 bridgehead atoms. The maximum Gasteiger partial charge on any atom is 0.222 e. The van der Waals surface area contributed by atoms with Gasteiger partial charge >= 0.3 is 0 Å². The Labute approximate surface area is 143 Å². The van der Waals surface area contributed by atoms with Gasteiger partial charge in [-0.1, -0.05) is 22.0 Å². The zero-order chi connectivity index (χ0) is 16.2. The fourth-order valence-electron chi connectivity index (χ4n) is 2.73. The van der Waals surface area contributed by atoms with Crippen LogP contribution in [0.5, 0.6) is 0 Å². The summed E-state index contributed by atoms with van der Waals surface area (Å²) in [5, 5.41) is 4.18. The third-order valence-corrected chi connectivity index (χ3v) is 4.53. The third kappa shape index (κ3) is 3.85. The highest BCUT2D eigenvalue weighted by Gasteiger charge is 2.10. The summed E-state index contributed by atoms with van der Waals surface area (Å²) in [7, 11) is 0. The lowest BCUT2D eigenvalue weighted by Gasteiger charge is -2.13. The molecule has 0 spiro atoms. The third-order valence-electron chi connectivity index (χ3n) is 3.84. The Morgan fingerprint density at radius 2 is 2.17 bits per heavy atom. The summed E-state index contributed by atoms with van der Waals surface area (Å²) in [4.78, 5) is 12.1. The summed E-state index contributed by atoms with van der Waals surface area (Å²) in [6.07, 6.45) is 4.84. The minimum Gasteiger partial charge on any atom is -0.469 e. The van der Waals surface area contributed by atoms with Gasteiger partial charge in [-0.2, -0.15) is 0 Å². The summed E-state index contributed by atoms with van der Waals surface area (Å²) >= 11 is 3.55. The van der Waals surface area contributed by atoms with Crippen molar-refractivity contribution in [3.8, 4) is 0 Å². The molecule has 1 N–H and O–H groups in total. The SMILES string of the molecule is CC(Cc1ccco1)NC(=O)CCn1ccc2c(Br)cccc21. The molecule has 0 saturated carbocycles.